The molecule has 0 saturated heterocycles. The molecule has 2 N–H and O–H groups in total. The Kier molecular flexibility index (Phi) is 4.32. The Balaban J connectivity index is 1.81. The van der Waals surface area contributed by atoms with Crippen molar-refractivity contribution in [2.45, 2.75) is 6.54 Å². The van der Waals surface area contributed by atoms with Crippen LogP contribution in [0.15, 0.2) is 71.3 Å². The molecule has 5 aromatic rings. The highest BCUT2D eigenvalue weighted by Crippen LogP contribution is 2.35. The monoisotopic (exact) mass is 420 g/mol. The average molecular weight is 420 g/mol. The smallest absolute Gasteiger partial charge is 0.249 e. The van der Waals surface area contributed by atoms with Gasteiger partial charge >= 0.3 is 0 Å². The molecular formula is C24H15F3N2O2. The minimum Gasteiger partial charge on any atom is -0.464 e. The molecule has 5 rings (SSSR count). The number of primary amides is 1. The molecule has 31 heavy (non-hydrogen) atoms. The molecule has 0 spiro atoms. The second-order valence-corrected chi connectivity index (χ2v) is 7.23. The molecule has 0 saturated carbocycles. The van der Waals surface area contributed by atoms with E-state index in [0.29, 0.717) is 27.7 Å². The van der Waals surface area contributed by atoms with Crippen LogP contribution in [0.1, 0.15) is 15.9 Å². The van der Waals surface area contributed by atoms with E-state index in [1.165, 1.54) is 0 Å². The third-order valence-corrected chi connectivity index (χ3v) is 5.35. The van der Waals surface area contributed by atoms with Crippen LogP contribution in [0.25, 0.3) is 33.1 Å². The third kappa shape index (κ3) is 3.06. The van der Waals surface area contributed by atoms with E-state index in [0.717, 1.165) is 23.1 Å². The number of hydrogen-bond donors (Lipinski definition) is 1. The highest BCUT2D eigenvalue weighted by atomic mass is 19.2. The molecule has 154 valence electrons. The van der Waals surface area contributed by atoms with Gasteiger partial charge in [0.05, 0.1) is 17.3 Å². The first kappa shape index (κ1) is 19.0. The minimum atomic E-state index is -1.51. The second kappa shape index (κ2) is 7.05. The molecule has 2 heterocycles. The summed E-state index contributed by atoms with van der Waals surface area (Å²) < 4.78 is 48.4. The number of carbonyl (C=O) groups is 1. The lowest BCUT2D eigenvalue weighted by Gasteiger charge is -2.10. The van der Waals surface area contributed by atoms with Gasteiger partial charge in [-0.05, 0) is 48.0 Å². The number of halogens is 3. The molecule has 2 aromatic heterocycles. The first-order valence-electron chi connectivity index (χ1n) is 9.46. The number of nitrogens with zero attached hydrogens (tertiary/aromatic N) is 1. The van der Waals surface area contributed by atoms with Crippen LogP contribution in [-0.4, -0.2) is 10.5 Å². The molecule has 0 unspecified atom stereocenters. The molecule has 7 heteroatoms. The Morgan fingerprint density at radius 1 is 0.935 bits per heavy atom. The van der Waals surface area contributed by atoms with Gasteiger partial charge in [0.25, 0.3) is 0 Å². The van der Waals surface area contributed by atoms with Gasteiger partial charge in [-0.3, -0.25) is 4.79 Å². The van der Waals surface area contributed by atoms with Gasteiger partial charge in [0.15, 0.2) is 17.5 Å². The highest BCUT2D eigenvalue weighted by Gasteiger charge is 2.19. The molecule has 0 atom stereocenters. The van der Waals surface area contributed by atoms with E-state index in [-0.39, 0.29) is 12.1 Å². The maximum Gasteiger partial charge on any atom is 0.249 e. The molecule has 4 nitrogen and oxygen atoms in total. The molecule has 0 aliphatic heterocycles. The maximum absolute atomic E-state index is 13.8. The van der Waals surface area contributed by atoms with Crippen molar-refractivity contribution in [1.82, 2.24) is 4.57 Å². The first-order chi connectivity index (χ1) is 14.9. The quantitative estimate of drug-likeness (QED) is 0.384. The topological polar surface area (TPSA) is 61.2 Å². The van der Waals surface area contributed by atoms with Crippen molar-refractivity contribution in [3.63, 3.8) is 0 Å². The second-order valence-electron chi connectivity index (χ2n) is 7.23. The van der Waals surface area contributed by atoms with Crippen LogP contribution in [0.4, 0.5) is 13.2 Å². The number of furan rings is 1. The molecular weight excluding hydrogens is 405 g/mol. The van der Waals surface area contributed by atoms with Crippen LogP contribution in [-0.2, 0) is 6.54 Å². The average Bonchev–Trinajstić information content (AvgIpc) is 3.39. The number of carbonyl (C=O) groups excluding carboxylic acids is 1. The zero-order valence-corrected chi connectivity index (χ0v) is 16.0. The van der Waals surface area contributed by atoms with E-state index in [1.54, 1.807) is 30.5 Å². The van der Waals surface area contributed by atoms with Crippen molar-refractivity contribution in [1.29, 1.82) is 0 Å². The number of rotatable bonds is 4. The van der Waals surface area contributed by atoms with E-state index in [4.69, 9.17) is 10.2 Å². The van der Waals surface area contributed by atoms with Gasteiger partial charge in [0.1, 0.15) is 5.76 Å². The highest BCUT2D eigenvalue weighted by molar-refractivity contribution is 6.18. The number of benzene rings is 3. The fourth-order valence-corrected chi connectivity index (χ4v) is 4.00. The summed E-state index contributed by atoms with van der Waals surface area (Å²) in [6.07, 6.45) is 1.56. The molecule has 1 amide bonds. The predicted molar refractivity (Wildman–Crippen MR) is 111 cm³/mol. The van der Waals surface area contributed by atoms with Gasteiger partial charge in [-0.25, -0.2) is 13.2 Å². The first-order valence-corrected chi connectivity index (χ1v) is 9.46. The number of aromatic nitrogens is 1. The zero-order chi connectivity index (χ0) is 21.7. The summed E-state index contributed by atoms with van der Waals surface area (Å²) in [7, 11) is 0. The van der Waals surface area contributed by atoms with Crippen molar-refractivity contribution in [2.24, 2.45) is 5.73 Å². The van der Waals surface area contributed by atoms with E-state index in [9.17, 15) is 18.0 Å². The van der Waals surface area contributed by atoms with Crippen molar-refractivity contribution in [3.8, 4) is 11.3 Å². The lowest BCUT2D eigenvalue weighted by molar-refractivity contribution is 0.100. The Morgan fingerprint density at radius 3 is 2.39 bits per heavy atom. The molecule has 0 radical (unpaired) electrons. The third-order valence-electron chi connectivity index (χ3n) is 5.35. The molecule has 0 bridgehead atoms. The van der Waals surface area contributed by atoms with Gasteiger partial charge in [0, 0.05) is 28.4 Å². The predicted octanol–water partition coefficient (Wildman–Crippen LogP) is 5.62. The van der Waals surface area contributed by atoms with Crippen molar-refractivity contribution >= 4 is 27.7 Å². The van der Waals surface area contributed by atoms with Crippen LogP contribution in [0, 0.1) is 17.5 Å². The van der Waals surface area contributed by atoms with Crippen molar-refractivity contribution in [2.75, 3.05) is 0 Å². The Labute approximate surface area is 174 Å². The number of amides is 1. The zero-order valence-electron chi connectivity index (χ0n) is 16.0. The fourth-order valence-electron chi connectivity index (χ4n) is 4.00. The van der Waals surface area contributed by atoms with Crippen LogP contribution >= 0.6 is 0 Å². The standard InChI is InChI=1S/C24H15F3N2O2/c25-17-9-13(10-18(26)23(17)27)12-29-19-4-1-3-16(24(28)30)22(19)15-7-6-14(11-20(15)29)21-5-2-8-31-21/h1-11H,12H2,(H2,28,30). The van der Waals surface area contributed by atoms with Crippen molar-refractivity contribution in [3.05, 3.63) is 95.5 Å². The van der Waals surface area contributed by atoms with E-state index in [1.807, 2.05) is 28.8 Å². The summed E-state index contributed by atoms with van der Waals surface area (Å²) >= 11 is 0. The summed E-state index contributed by atoms with van der Waals surface area (Å²) in [4.78, 5) is 12.1. The Hall–Kier alpha value is -4.00. The summed E-state index contributed by atoms with van der Waals surface area (Å²) in [5, 5.41) is 1.39. The van der Waals surface area contributed by atoms with Gasteiger partial charge in [-0.15, -0.1) is 0 Å². The largest absolute Gasteiger partial charge is 0.464 e. The lowest BCUT2D eigenvalue weighted by Crippen LogP contribution is -2.11. The van der Waals surface area contributed by atoms with Crippen LogP contribution < -0.4 is 5.73 Å². The molecule has 0 aliphatic carbocycles. The Bertz CT molecular complexity index is 1450. The lowest BCUT2D eigenvalue weighted by atomic mass is 10.0. The molecule has 0 fully saturated rings. The van der Waals surface area contributed by atoms with Crippen LogP contribution in [0.3, 0.4) is 0 Å². The normalized spacial score (nSPS) is 11.5. The number of hydrogen-bond acceptors (Lipinski definition) is 2. The summed E-state index contributed by atoms with van der Waals surface area (Å²) in [6, 6.07) is 16.2. The van der Waals surface area contributed by atoms with Gasteiger partial charge < -0.3 is 14.7 Å². The van der Waals surface area contributed by atoms with Gasteiger partial charge in [-0.2, -0.15) is 0 Å². The van der Waals surface area contributed by atoms with Gasteiger partial charge in [0.2, 0.25) is 5.91 Å². The van der Waals surface area contributed by atoms with E-state index < -0.39 is 23.4 Å². The van der Waals surface area contributed by atoms with E-state index >= 15 is 0 Å². The molecule has 0 aliphatic rings. The summed E-state index contributed by atoms with van der Waals surface area (Å²) in [5.41, 5.74) is 8.33. The van der Waals surface area contributed by atoms with Crippen molar-refractivity contribution < 1.29 is 22.4 Å². The molecule has 3 aromatic carbocycles. The van der Waals surface area contributed by atoms with Gasteiger partial charge in [-0.1, -0.05) is 18.2 Å². The minimum absolute atomic E-state index is 0.0535. The summed E-state index contributed by atoms with van der Waals surface area (Å²) in [6.45, 7) is 0.0535. The maximum atomic E-state index is 13.8. The fraction of sp³-hybridized carbons (Fsp3) is 0.0417. The van der Waals surface area contributed by atoms with E-state index in [2.05, 4.69) is 0 Å². The van der Waals surface area contributed by atoms with Crippen LogP contribution in [0.2, 0.25) is 0 Å². The summed E-state index contributed by atoms with van der Waals surface area (Å²) in [5.74, 6) is -3.97. The SMILES string of the molecule is NC(=O)c1cccc2c1c1ccc(-c3ccco3)cc1n2Cc1cc(F)c(F)c(F)c1. The number of nitrogens with two attached hydrogens (primary N) is 1. The number of fused-ring (bicyclic) bond motifs is 3. The van der Waals surface area contributed by atoms with Crippen LogP contribution in [0.5, 0.6) is 0 Å². The Morgan fingerprint density at radius 2 is 1.71 bits per heavy atom.